The number of ketones is 1. The summed E-state index contributed by atoms with van der Waals surface area (Å²) in [6, 6.07) is 7.66. The minimum absolute atomic E-state index is 0.187. The number of Topliss-reactive ketones (excluding diaryl/α,β-unsaturated/α-hetero) is 1. The van der Waals surface area contributed by atoms with Crippen LogP contribution in [0.1, 0.15) is 44.1 Å². The average molecular weight is 338 g/mol. The van der Waals surface area contributed by atoms with Crippen LogP contribution in [0.5, 0.6) is 5.75 Å². The number of carbonyl (C=O) groups excluding carboxylic acids is 1. The second-order valence-corrected chi connectivity index (χ2v) is 6.79. The van der Waals surface area contributed by atoms with Gasteiger partial charge in [0.15, 0.2) is 5.78 Å². The Morgan fingerprint density at radius 1 is 1.36 bits per heavy atom. The number of allylic oxidation sites excluding steroid dienone is 2. The highest BCUT2D eigenvalue weighted by Gasteiger charge is 2.38. The number of benzene rings is 1. The van der Waals surface area contributed by atoms with Crippen LogP contribution in [0.4, 0.5) is 5.95 Å². The second-order valence-electron chi connectivity index (χ2n) is 6.79. The number of fused-ring (bicyclic) bond motifs is 1. The lowest BCUT2D eigenvalue weighted by Gasteiger charge is -2.34. The maximum atomic E-state index is 12.9. The minimum Gasteiger partial charge on any atom is -0.494 e. The highest BCUT2D eigenvalue weighted by Crippen LogP contribution is 2.41. The van der Waals surface area contributed by atoms with Gasteiger partial charge in [0.2, 0.25) is 5.95 Å². The smallest absolute Gasteiger partial charge is 0.226 e. The maximum absolute atomic E-state index is 12.9. The fraction of sp³-hybridized carbons (Fsp3) is 0.421. The molecule has 2 aromatic rings. The van der Waals surface area contributed by atoms with E-state index >= 15 is 0 Å². The van der Waals surface area contributed by atoms with Crippen molar-refractivity contribution in [1.29, 1.82) is 0 Å². The molecule has 25 heavy (non-hydrogen) atoms. The molecule has 0 spiro atoms. The Labute approximate surface area is 146 Å². The van der Waals surface area contributed by atoms with E-state index in [0.717, 1.165) is 29.0 Å². The van der Waals surface area contributed by atoms with Crippen LogP contribution < -0.4 is 10.1 Å². The first-order chi connectivity index (χ1) is 12.1. The van der Waals surface area contributed by atoms with Gasteiger partial charge in [-0.2, -0.15) is 10.1 Å². The topological polar surface area (TPSA) is 69.0 Å². The summed E-state index contributed by atoms with van der Waals surface area (Å²) in [4.78, 5) is 17.4. The summed E-state index contributed by atoms with van der Waals surface area (Å²) in [6.45, 7) is 6.54. The summed E-state index contributed by atoms with van der Waals surface area (Å²) in [7, 11) is 0. The standard InChI is InChI=1S/C19H22N4O2/c1-4-25-14-7-5-6-13(10-14)18-17-15(8-11(2)9-16(17)24)21-19-20-12(3)22-23(18)19/h5-7,10-11,18H,4,8-9H2,1-3H3,(H,20,21,22)/t11-,18+/m0/s1. The molecule has 0 radical (unpaired) electrons. The molecule has 4 rings (SSSR count). The third-order valence-electron chi connectivity index (χ3n) is 4.71. The quantitative estimate of drug-likeness (QED) is 0.930. The Morgan fingerprint density at radius 3 is 3.00 bits per heavy atom. The van der Waals surface area contributed by atoms with Gasteiger partial charge in [-0.05, 0) is 43.9 Å². The number of aryl methyl sites for hydroxylation is 1. The molecule has 0 saturated heterocycles. The number of nitrogens with zero attached hydrogens (tertiary/aromatic N) is 3. The van der Waals surface area contributed by atoms with Gasteiger partial charge in [0.1, 0.15) is 17.6 Å². The monoisotopic (exact) mass is 338 g/mol. The Kier molecular flexibility index (Phi) is 3.82. The number of rotatable bonds is 3. The van der Waals surface area contributed by atoms with Gasteiger partial charge >= 0.3 is 0 Å². The zero-order valence-electron chi connectivity index (χ0n) is 14.7. The number of anilines is 1. The molecule has 2 heterocycles. The molecule has 6 heteroatoms. The fourth-order valence-corrected chi connectivity index (χ4v) is 3.76. The Hall–Kier alpha value is -2.63. The SMILES string of the molecule is CCOc1cccc([C@@H]2C3=C(C[C@H](C)CC3=O)Nc3nc(C)nn32)c1. The summed E-state index contributed by atoms with van der Waals surface area (Å²) < 4.78 is 7.48. The first kappa shape index (κ1) is 15.9. The molecule has 1 aliphatic heterocycles. The zero-order chi connectivity index (χ0) is 17.6. The number of nitrogens with one attached hydrogen (secondary N) is 1. The van der Waals surface area contributed by atoms with E-state index in [9.17, 15) is 4.79 Å². The minimum atomic E-state index is -0.257. The van der Waals surface area contributed by atoms with Crippen LogP contribution >= 0.6 is 0 Å². The van der Waals surface area contributed by atoms with Crippen LogP contribution in [0, 0.1) is 12.8 Å². The van der Waals surface area contributed by atoms with Crippen LogP contribution in [-0.2, 0) is 4.79 Å². The van der Waals surface area contributed by atoms with Crippen LogP contribution in [0.2, 0.25) is 0 Å². The second kappa shape index (κ2) is 6.02. The summed E-state index contributed by atoms with van der Waals surface area (Å²) >= 11 is 0. The molecule has 1 aliphatic carbocycles. The van der Waals surface area contributed by atoms with Gasteiger partial charge in [-0.15, -0.1) is 0 Å². The summed E-state index contributed by atoms with van der Waals surface area (Å²) in [6.07, 6.45) is 1.43. The first-order valence-corrected chi connectivity index (χ1v) is 8.76. The van der Waals surface area contributed by atoms with E-state index in [1.165, 1.54) is 0 Å². The van der Waals surface area contributed by atoms with Gasteiger partial charge < -0.3 is 10.1 Å². The van der Waals surface area contributed by atoms with Crippen molar-refractivity contribution in [2.24, 2.45) is 5.92 Å². The van der Waals surface area contributed by atoms with Crippen LogP contribution in [0.15, 0.2) is 35.5 Å². The van der Waals surface area contributed by atoms with E-state index in [1.54, 1.807) is 0 Å². The lowest BCUT2D eigenvalue weighted by Crippen LogP contribution is -2.33. The molecule has 6 nitrogen and oxygen atoms in total. The molecule has 0 saturated carbocycles. The molecule has 2 aliphatic rings. The lowest BCUT2D eigenvalue weighted by atomic mass is 9.81. The van der Waals surface area contributed by atoms with Gasteiger partial charge in [0.05, 0.1) is 6.61 Å². The molecule has 0 amide bonds. The van der Waals surface area contributed by atoms with Crippen molar-refractivity contribution in [2.45, 2.75) is 39.7 Å². The van der Waals surface area contributed by atoms with E-state index in [1.807, 2.05) is 42.8 Å². The van der Waals surface area contributed by atoms with Crippen molar-refractivity contribution in [3.05, 3.63) is 46.9 Å². The number of carbonyl (C=O) groups is 1. The van der Waals surface area contributed by atoms with Gasteiger partial charge in [-0.3, -0.25) is 4.79 Å². The highest BCUT2D eigenvalue weighted by molar-refractivity contribution is 5.99. The normalized spacial score (nSPS) is 22.3. The fourth-order valence-electron chi connectivity index (χ4n) is 3.76. The molecule has 1 aromatic carbocycles. The molecular formula is C19H22N4O2. The number of hydrogen-bond acceptors (Lipinski definition) is 5. The van der Waals surface area contributed by atoms with Crippen molar-refractivity contribution in [3.63, 3.8) is 0 Å². The summed E-state index contributed by atoms with van der Waals surface area (Å²) in [5, 5.41) is 7.88. The molecule has 0 fully saturated rings. The number of aromatic nitrogens is 3. The van der Waals surface area contributed by atoms with Crippen molar-refractivity contribution in [2.75, 3.05) is 11.9 Å². The molecule has 1 aromatic heterocycles. The van der Waals surface area contributed by atoms with Gasteiger partial charge in [-0.1, -0.05) is 19.1 Å². The van der Waals surface area contributed by atoms with Crippen LogP contribution in [-0.4, -0.2) is 27.2 Å². The Morgan fingerprint density at radius 2 is 2.20 bits per heavy atom. The number of ether oxygens (including phenoxy) is 1. The summed E-state index contributed by atoms with van der Waals surface area (Å²) in [5.41, 5.74) is 2.79. The molecule has 2 atom stereocenters. The lowest BCUT2D eigenvalue weighted by molar-refractivity contribution is -0.117. The van der Waals surface area contributed by atoms with E-state index < -0.39 is 0 Å². The van der Waals surface area contributed by atoms with Crippen LogP contribution in [0.25, 0.3) is 0 Å². The molecule has 1 N–H and O–H groups in total. The molecule has 0 unspecified atom stereocenters. The third-order valence-corrected chi connectivity index (χ3v) is 4.71. The van der Waals surface area contributed by atoms with E-state index in [0.29, 0.717) is 30.7 Å². The zero-order valence-corrected chi connectivity index (χ0v) is 14.7. The van der Waals surface area contributed by atoms with Gasteiger partial charge in [0, 0.05) is 17.7 Å². The Bertz CT molecular complexity index is 868. The largest absolute Gasteiger partial charge is 0.494 e. The van der Waals surface area contributed by atoms with E-state index in [2.05, 4.69) is 22.3 Å². The average Bonchev–Trinajstić information content (AvgIpc) is 2.93. The van der Waals surface area contributed by atoms with Gasteiger partial charge in [0.25, 0.3) is 0 Å². The molecule has 130 valence electrons. The van der Waals surface area contributed by atoms with Crippen molar-refractivity contribution in [3.8, 4) is 5.75 Å². The highest BCUT2D eigenvalue weighted by atomic mass is 16.5. The first-order valence-electron chi connectivity index (χ1n) is 8.76. The summed E-state index contributed by atoms with van der Waals surface area (Å²) in [5.74, 6) is 2.71. The maximum Gasteiger partial charge on any atom is 0.226 e. The predicted octanol–water partition coefficient (Wildman–Crippen LogP) is 3.25. The number of hydrogen-bond donors (Lipinski definition) is 1. The molecule has 0 bridgehead atoms. The Balaban J connectivity index is 1.87. The van der Waals surface area contributed by atoms with Crippen molar-refractivity contribution < 1.29 is 9.53 Å². The van der Waals surface area contributed by atoms with Crippen LogP contribution in [0.3, 0.4) is 0 Å². The third kappa shape index (κ3) is 2.71. The van der Waals surface area contributed by atoms with Crippen molar-refractivity contribution in [1.82, 2.24) is 14.8 Å². The van der Waals surface area contributed by atoms with E-state index in [-0.39, 0.29) is 11.8 Å². The van der Waals surface area contributed by atoms with Gasteiger partial charge in [-0.25, -0.2) is 4.68 Å². The van der Waals surface area contributed by atoms with Crippen molar-refractivity contribution >= 4 is 11.7 Å². The molecular weight excluding hydrogens is 316 g/mol. The van der Waals surface area contributed by atoms with E-state index in [4.69, 9.17) is 4.74 Å². The predicted molar refractivity (Wildman–Crippen MR) is 94.6 cm³/mol.